The number of hydrogen-bond acceptors (Lipinski definition) is 5. The second-order valence-electron chi connectivity index (χ2n) is 2.46. The minimum absolute atomic E-state index is 0.0615. The van der Waals surface area contributed by atoms with Crippen molar-refractivity contribution in [1.29, 1.82) is 0 Å². The molecule has 7 heteroatoms. The van der Waals surface area contributed by atoms with E-state index >= 15 is 0 Å². The number of carbonyl (C=O) groups excluding carboxylic acids is 1. The van der Waals surface area contributed by atoms with Crippen molar-refractivity contribution in [1.82, 2.24) is 0 Å². The quantitative estimate of drug-likeness (QED) is 0.515. The van der Waals surface area contributed by atoms with Crippen LogP contribution in [0.2, 0.25) is 0 Å². The number of hydrogen-bond donors (Lipinski definition) is 1. The summed E-state index contributed by atoms with van der Waals surface area (Å²) in [5.41, 5.74) is 0. The van der Waals surface area contributed by atoms with E-state index in [1.807, 2.05) is 0 Å². The highest BCUT2D eigenvalue weighted by atomic mass is 32.3. The summed E-state index contributed by atoms with van der Waals surface area (Å²) in [6.45, 7) is 2.75. The maximum absolute atomic E-state index is 10.3. The molecule has 0 aliphatic rings. The lowest BCUT2D eigenvalue weighted by Gasteiger charge is -2.08. The van der Waals surface area contributed by atoms with Gasteiger partial charge in [-0.1, -0.05) is 0 Å². The van der Waals surface area contributed by atoms with Gasteiger partial charge >= 0.3 is 16.4 Å². The lowest BCUT2D eigenvalue weighted by Crippen LogP contribution is -2.17. The van der Waals surface area contributed by atoms with E-state index in [2.05, 4.69) is 8.92 Å². The van der Waals surface area contributed by atoms with Crippen LogP contribution in [0, 0.1) is 0 Å². The van der Waals surface area contributed by atoms with Gasteiger partial charge in [0.1, 0.15) is 0 Å². The van der Waals surface area contributed by atoms with Gasteiger partial charge in [0.2, 0.25) is 0 Å². The highest BCUT2D eigenvalue weighted by molar-refractivity contribution is 7.80. The van der Waals surface area contributed by atoms with Crippen molar-refractivity contribution in [3.63, 3.8) is 0 Å². The maximum Gasteiger partial charge on any atom is 0.397 e. The van der Waals surface area contributed by atoms with Crippen LogP contribution < -0.4 is 0 Å². The maximum atomic E-state index is 10.3. The highest BCUT2D eigenvalue weighted by Crippen LogP contribution is 2.01. The predicted molar refractivity (Wildman–Crippen MR) is 43.3 cm³/mol. The van der Waals surface area contributed by atoms with Crippen molar-refractivity contribution < 1.29 is 26.7 Å². The Labute approximate surface area is 76.8 Å². The summed E-state index contributed by atoms with van der Waals surface area (Å²) >= 11 is 0. The summed E-state index contributed by atoms with van der Waals surface area (Å²) < 4.78 is 37.3. The van der Waals surface area contributed by atoms with E-state index in [0.29, 0.717) is 0 Å². The summed E-state index contributed by atoms with van der Waals surface area (Å²) in [4.78, 5) is 10.3. The number of ether oxygens (including phenoxy) is 1. The molecular formula is C6H12O6S. The van der Waals surface area contributed by atoms with Crippen LogP contribution in [-0.2, 0) is 24.1 Å². The third-order valence-corrected chi connectivity index (χ3v) is 1.69. The third-order valence-electron chi connectivity index (χ3n) is 1.12. The molecule has 0 saturated heterocycles. The van der Waals surface area contributed by atoms with Crippen molar-refractivity contribution in [2.75, 3.05) is 6.61 Å². The van der Waals surface area contributed by atoms with E-state index in [-0.39, 0.29) is 13.0 Å². The molecule has 6 nitrogen and oxygen atoms in total. The van der Waals surface area contributed by atoms with Gasteiger partial charge in [-0.15, -0.1) is 0 Å². The van der Waals surface area contributed by atoms with Gasteiger partial charge in [0.25, 0.3) is 0 Å². The molecule has 78 valence electrons. The first-order chi connectivity index (χ1) is 5.81. The average molecular weight is 212 g/mol. The molecule has 0 rings (SSSR count). The molecule has 0 amide bonds. The standard InChI is InChI=1S/C6H12O6S/c1-5(12-13(8,9)10)3-4-11-6(2)7/h5H,3-4H2,1-2H3,(H,8,9,10). The molecular weight excluding hydrogens is 200 g/mol. The summed E-state index contributed by atoms with van der Waals surface area (Å²) in [6.07, 6.45) is -0.506. The van der Waals surface area contributed by atoms with Crippen LogP contribution in [0.1, 0.15) is 20.3 Å². The normalized spacial score (nSPS) is 13.8. The summed E-state index contributed by atoms with van der Waals surface area (Å²) in [5.74, 6) is -0.445. The Morgan fingerprint density at radius 1 is 1.54 bits per heavy atom. The van der Waals surface area contributed by atoms with Crippen molar-refractivity contribution in [2.45, 2.75) is 26.4 Å². The van der Waals surface area contributed by atoms with Gasteiger partial charge in [-0.05, 0) is 6.92 Å². The van der Waals surface area contributed by atoms with Crippen molar-refractivity contribution in [2.24, 2.45) is 0 Å². The molecule has 0 aromatic heterocycles. The van der Waals surface area contributed by atoms with Gasteiger partial charge in [0.15, 0.2) is 0 Å². The fourth-order valence-corrected chi connectivity index (χ4v) is 1.14. The highest BCUT2D eigenvalue weighted by Gasteiger charge is 2.12. The van der Waals surface area contributed by atoms with Crippen LogP contribution in [0.15, 0.2) is 0 Å². The van der Waals surface area contributed by atoms with E-state index in [4.69, 9.17) is 4.55 Å². The molecule has 0 radical (unpaired) electrons. The van der Waals surface area contributed by atoms with Gasteiger partial charge < -0.3 is 4.74 Å². The topological polar surface area (TPSA) is 89.9 Å². The Morgan fingerprint density at radius 2 is 2.08 bits per heavy atom. The van der Waals surface area contributed by atoms with Gasteiger partial charge in [-0.3, -0.25) is 9.35 Å². The summed E-state index contributed by atoms with van der Waals surface area (Å²) in [7, 11) is -4.41. The Bertz CT molecular complexity index is 256. The van der Waals surface area contributed by atoms with Crippen LogP contribution in [0.4, 0.5) is 0 Å². The average Bonchev–Trinajstić information content (AvgIpc) is 1.81. The number of esters is 1. The minimum Gasteiger partial charge on any atom is -0.466 e. The SMILES string of the molecule is CC(=O)OCCC(C)OS(=O)(=O)O. The van der Waals surface area contributed by atoms with Gasteiger partial charge in [-0.25, -0.2) is 4.18 Å². The molecule has 0 bridgehead atoms. The van der Waals surface area contributed by atoms with Crippen LogP contribution in [0.25, 0.3) is 0 Å². The molecule has 0 aliphatic carbocycles. The Balaban J connectivity index is 3.64. The first kappa shape index (κ1) is 12.3. The summed E-state index contributed by atoms with van der Waals surface area (Å²) in [6, 6.07) is 0. The van der Waals surface area contributed by atoms with Crippen LogP contribution >= 0.6 is 0 Å². The molecule has 0 spiro atoms. The van der Waals surface area contributed by atoms with E-state index in [1.54, 1.807) is 0 Å². The zero-order valence-electron chi connectivity index (χ0n) is 7.39. The molecule has 0 aliphatic heterocycles. The Kier molecular flexibility index (Phi) is 4.89. The fourth-order valence-electron chi connectivity index (χ4n) is 0.624. The number of carbonyl (C=O) groups is 1. The van der Waals surface area contributed by atoms with Crippen molar-refractivity contribution in [3.8, 4) is 0 Å². The fraction of sp³-hybridized carbons (Fsp3) is 0.833. The molecule has 1 N–H and O–H groups in total. The van der Waals surface area contributed by atoms with Crippen LogP contribution in [0.3, 0.4) is 0 Å². The van der Waals surface area contributed by atoms with Crippen LogP contribution in [0.5, 0.6) is 0 Å². The molecule has 0 fully saturated rings. The van der Waals surface area contributed by atoms with Gasteiger partial charge in [-0.2, -0.15) is 8.42 Å². The largest absolute Gasteiger partial charge is 0.466 e. The van der Waals surface area contributed by atoms with Crippen molar-refractivity contribution in [3.05, 3.63) is 0 Å². The number of rotatable bonds is 5. The smallest absolute Gasteiger partial charge is 0.397 e. The van der Waals surface area contributed by atoms with E-state index in [9.17, 15) is 13.2 Å². The van der Waals surface area contributed by atoms with Crippen molar-refractivity contribution >= 4 is 16.4 Å². The van der Waals surface area contributed by atoms with Gasteiger partial charge in [0, 0.05) is 13.3 Å². The molecule has 0 aromatic carbocycles. The first-order valence-electron chi connectivity index (χ1n) is 3.60. The second kappa shape index (κ2) is 5.15. The summed E-state index contributed by atoms with van der Waals surface area (Å²) in [5, 5.41) is 0. The monoisotopic (exact) mass is 212 g/mol. The van der Waals surface area contributed by atoms with E-state index < -0.39 is 22.5 Å². The van der Waals surface area contributed by atoms with E-state index in [1.165, 1.54) is 13.8 Å². The predicted octanol–water partition coefficient (Wildman–Crippen LogP) is 0.148. The Morgan fingerprint density at radius 3 is 2.46 bits per heavy atom. The Hall–Kier alpha value is -0.660. The zero-order valence-corrected chi connectivity index (χ0v) is 8.20. The molecule has 0 heterocycles. The van der Waals surface area contributed by atoms with E-state index in [0.717, 1.165) is 0 Å². The second-order valence-corrected chi connectivity index (χ2v) is 3.51. The molecule has 1 atom stereocenters. The minimum atomic E-state index is -4.41. The third kappa shape index (κ3) is 9.25. The molecule has 13 heavy (non-hydrogen) atoms. The molecule has 0 aromatic rings. The zero-order chi connectivity index (χ0) is 10.5. The first-order valence-corrected chi connectivity index (χ1v) is 4.97. The lowest BCUT2D eigenvalue weighted by molar-refractivity contribution is -0.141. The lowest BCUT2D eigenvalue weighted by atomic mass is 10.3. The molecule has 1 unspecified atom stereocenters. The molecule has 0 saturated carbocycles. The van der Waals surface area contributed by atoms with Gasteiger partial charge in [0.05, 0.1) is 12.7 Å². The van der Waals surface area contributed by atoms with Crippen LogP contribution in [-0.4, -0.2) is 31.7 Å².